The number of nitrogens with zero attached hydrogens (tertiary/aromatic N) is 4. The highest BCUT2D eigenvalue weighted by Gasteiger charge is 2.22. The van der Waals surface area contributed by atoms with Crippen molar-refractivity contribution in [3.8, 4) is 10.6 Å². The fraction of sp³-hybridized carbons (Fsp3) is 0.462. The summed E-state index contributed by atoms with van der Waals surface area (Å²) in [4.78, 5) is 15.9. The molecule has 1 saturated heterocycles. The summed E-state index contributed by atoms with van der Waals surface area (Å²) in [7, 11) is 2.16. The number of piperidine rings is 1. The fourth-order valence-corrected chi connectivity index (χ4v) is 3.83. The zero-order valence-electron chi connectivity index (χ0n) is 11.0. The van der Waals surface area contributed by atoms with Crippen LogP contribution >= 0.6 is 34.5 Å². The first-order valence-electron chi connectivity index (χ1n) is 6.46. The van der Waals surface area contributed by atoms with Crippen LogP contribution in [0, 0.1) is 0 Å². The summed E-state index contributed by atoms with van der Waals surface area (Å²) in [6, 6.07) is 0. The van der Waals surface area contributed by atoms with Crippen molar-refractivity contribution in [2.75, 3.05) is 20.1 Å². The molecule has 0 aliphatic carbocycles. The Morgan fingerprint density at radius 3 is 2.70 bits per heavy atom. The van der Waals surface area contributed by atoms with Gasteiger partial charge in [-0.3, -0.25) is 0 Å². The molecule has 0 spiro atoms. The van der Waals surface area contributed by atoms with Gasteiger partial charge in [-0.05, 0) is 44.6 Å². The van der Waals surface area contributed by atoms with Crippen LogP contribution in [0.5, 0.6) is 0 Å². The second kappa shape index (κ2) is 5.93. The van der Waals surface area contributed by atoms with Gasteiger partial charge in [0.05, 0.1) is 21.1 Å². The Balaban J connectivity index is 1.85. The Labute approximate surface area is 131 Å². The zero-order chi connectivity index (χ0) is 14.1. The largest absolute Gasteiger partial charge is 0.306 e. The number of hydrogen-bond donors (Lipinski definition) is 0. The predicted molar refractivity (Wildman–Crippen MR) is 82.6 cm³/mol. The molecule has 1 aliphatic rings. The van der Waals surface area contributed by atoms with Gasteiger partial charge in [-0.2, -0.15) is 0 Å². The Bertz CT molecular complexity index is 608. The number of hydrogen-bond acceptors (Lipinski definition) is 5. The molecule has 3 heterocycles. The van der Waals surface area contributed by atoms with Crippen molar-refractivity contribution in [1.29, 1.82) is 0 Å². The van der Waals surface area contributed by atoms with Crippen molar-refractivity contribution >= 4 is 34.5 Å². The number of rotatable bonds is 2. The maximum absolute atomic E-state index is 6.13. The third-order valence-electron chi connectivity index (χ3n) is 3.54. The second-order valence-electron chi connectivity index (χ2n) is 4.98. The van der Waals surface area contributed by atoms with Crippen molar-refractivity contribution in [3.05, 3.63) is 27.7 Å². The van der Waals surface area contributed by atoms with E-state index in [1.807, 2.05) is 6.20 Å². The predicted octanol–water partition coefficient (Wildman–Crippen LogP) is 3.72. The van der Waals surface area contributed by atoms with Crippen LogP contribution in [0.2, 0.25) is 10.3 Å². The summed E-state index contributed by atoms with van der Waals surface area (Å²) < 4.78 is 0. The number of halogens is 2. The quantitative estimate of drug-likeness (QED) is 0.788. The van der Waals surface area contributed by atoms with E-state index in [2.05, 4.69) is 26.9 Å². The van der Waals surface area contributed by atoms with Crippen molar-refractivity contribution in [3.63, 3.8) is 0 Å². The molecule has 0 saturated carbocycles. The first-order chi connectivity index (χ1) is 9.63. The molecule has 1 aliphatic heterocycles. The molecule has 4 nitrogen and oxygen atoms in total. The summed E-state index contributed by atoms with van der Waals surface area (Å²) >= 11 is 13.6. The third kappa shape index (κ3) is 2.96. The molecule has 0 radical (unpaired) electrons. The zero-order valence-corrected chi connectivity index (χ0v) is 13.3. The average Bonchev–Trinajstić information content (AvgIpc) is 2.92. The molecular weight excluding hydrogens is 315 g/mol. The lowest BCUT2D eigenvalue weighted by Crippen LogP contribution is -2.29. The first kappa shape index (κ1) is 14.2. The summed E-state index contributed by atoms with van der Waals surface area (Å²) in [6.45, 7) is 2.25. The highest BCUT2D eigenvalue weighted by atomic mass is 35.5. The lowest BCUT2D eigenvalue weighted by molar-refractivity contribution is 0.255. The average molecular weight is 329 g/mol. The van der Waals surface area contributed by atoms with E-state index in [9.17, 15) is 0 Å². The summed E-state index contributed by atoms with van der Waals surface area (Å²) in [5, 5.41) is 1.88. The normalized spacial score (nSPS) is 17.6. The minimum absolute atomic E-state index is 0.207. The molecule has 1 fully saturated rings. The smallest absolute Gasteiger partial charge is 0.223 e. The van der Waals surface area contributed by atoms with Crippen molar-refractivity contribution in [2.24, 2.45) is 0 Å². The topological polar surface area (TPSA) is 41.9 Å². The van der Waals surface area contributed by atoms with Crippen molar-refractivity contribution in [2.45, 2.75) is 18.8 Å². The molecule has 7 heteroatoms. The second-order valence-corrected chi connectivity index (χ2v) is 6.78. The Morgan fingerprint density at radius 2 is 1.95 bits per heavy atom. The van der Waals surface area contributed by atoms with Crippen LogP contribution < -0.4 is 0 Å². The lowest BCUT2D eigenvalue weighted by Gasteiger charge is -2.27. The van der Waals surface area contributed by atoms with Gasteiger partial charge in [0.25, 0.3) is 0 Å². The van der Waals surface area contributed by atoms with Crippen LogP contribution in [0.1, 0.15) is 23.8 Å². The number of likely N-dealkylation sites (tertiary alicyclic amines) is 1. The van der Waals surface area contributed by atoms with Crippen molar-refractivity contribution in [1.82, 2.24) is 19.9 Å². The molecule has 3 rings (SSSR count). The van der Waals surface area contributed by atoms with E-state index in [0.29, 0.717) is 16.6 Å². The Morgan fingerprint density at radius 1 is 1.20 bits per heavy atom. The molecule has 0 unspecified atom stereocenters. The van der Waals surface area contributed by atoms with Crippen LogP contribution in [-0.2, 0) is 0 Å². The van der Waals surface area contributed by atoms with Crippen LogP contribution in [0.25, 0.3) is 10.6 Å². The minimum Gasteiger partial charge on any atom is -0.306 e. The van der Waals surface area contributed by atoms with Crippen molar-refractivity contribution < 1.29 is 0 Å². The van der Waals surface area contributed by atoms with Gasteiger partial charge in [0, 0.05) is 12.1 Å². The van der Waals surface area contributed by atoms with Gasteiger partial charge in [-0.15, -0.1) is 11.3 Å². The molecular formula is C13H14Cl2N4S. The molecule has 0 N–H and O–H groups in total. The molecule has 0 aromatic carbocycles. The molecule has 0 amide bonds. The van der Waals surface area contributed by atoms with Gasteiger partial charge in [0.2, 0.25) is 5.28 Å². The van der Waals surface area contributed by atoms with E-state index < -0.39 is 0 Å². The standard InChI is InChI=1S/C13H14Cl2N4S/c1-19-4-2-8(3-5-19)12-16-7-10(20-12)11-9(14)6-17-13(15)18-11/h6-8H,2-5H2,1H3. The van der Waals surface area contributed by atoms with Gasteiger partial charge >= 0.3 is 0 Å². The molecule has 106 valence electrons. The number of thiazole rings is 1. The summed E-state index contributed by atoms with van der Waals surface area (Å²) in [5.74, 6) is 0.543. The van der Waals surface area contributed by atoms with E-state index >= 15 is 0 Å². The Hall–Kier alpha value is -0.750. The van der Waals surface area contributed by atoms with Gasteiger partial charge < -0.3 is 4.90 Å². The Kier molecular flexibility index (Phi) is 4.21. The lowest BCUT2D eigenvalue weighted by atomic mass is 9.98. The van der Waals surface area contributed by atoms with Crippen LogP contribution in [0.15, 0.2) is 12.4 Å². The van der Waals surface area contributed by atoms with Crippen LogP contribution in [0.4, 0.5) is 0 Å². The monoisotopic (exact) mass is 328 g/mol. The van der Waals surface area contributed by atoms with E-state index in [0.717, 1.165) is 30.8 Å². The molecule has 2 aromatic heterocycles. The number of aromatic nitrogens is 3. The van der Waals surface area contributed by atoms with E-state index in [4.69, 9.17) is 23.2 Å². The summed E-state index contributed by atoms with van der Waals surface area (Å²) in [5.41, 5.74) is 0.670. The van der Waals surface area contributed by atoms with E-state index in [1.54, 1.807) is 11.3 Å². The van der Waals surface area contributed by atoms with Gasteiger partial charge in [0.1, 0.15) is 5.69 Å². The SMILES string of the molecule is CN1CCC(c2ncc(-c3nc(Cl)ncc3Cl)s2)CC1. The first-order valence-corrected chi connectivity index (χ1v) is 8.03. The highest BCUT2D eigenvalue weighted by molar-refractivity contribution is 7.15. The molecule has 0 atom stereocenters. The fourth-order valence-electron chi connectivity index (χ4n) is 2.36. The maximum Gasteiger partial charge on any atom is 0.223 e. The third-order valence-corrected chi connectivity index (χ3v) is 5.16. The summed E-state index contributed by atoms with van der Waals surface area (Å²) in [6.07, 6.45) is 5.67. The van der Waals surface area contributed by atoms with Crippen LogP contribution in [-0.4, -0.2) is 40.0 Å². The molecule has 0 bridgehead atoms. The van der Waals surface area contributed by atoms with Crippen LogP contribution in [0.3, 0.4) is 0 Å². The van der Waals surface area contributed by atoms with E-state index in [-0.39, 0.29) is 5.28 Å². The van der Waals surface area contributed by atoms with Gasteiger partial charge in [-0.1, -0.05) is 11.6 Å². The van der Waals surface area contributed by atoms with Gasteiger partial charge in [0.15, 0.2) is 0 Å². The maximum atomic E-state index is 6.13. The molecule has 2 aromatic rings. The van der Waals surface area contributed by atoms with E-state index in [1.165, 1.54) is 11.2 Å². The minimum atomic E-state index is 0.207. The highest BCUT2D eigenvalue weighted by Crippen LogP contribution is 2.36. The molecule has 20 heavy (non-hydrogen) atoms. The van der Waals surface area contributed by atoms with Gasteiger partial charge in [-0.25, -0.2) is 15.0 Å².